The standard InChI is InChI=1S/C23H17FO3/c1-15-21(26-14-16-6-5-9-18(24)12-16)11-10-19-20(13-22(25)27-23(15)19)17-7-3-2-4-8-17/h2-13H,14H2,1H3. The normalized spacial score (nSPS) is 10.9. The maximum Gasteiger partial charge on any atom is 0.336 e. The Morgan fingerprint density at radius 2 is 1.78 bits per heavy atom. The van der Waals surface area contributed by atoms with Crippen LogP contribution in [0.1, 0.15) is 11.1 Å². The van der Waals surface area contributed by atoms with Crippen molar-refractivity contribution in [3.8, 4) is 16.9 Å². The Balaban J connectivity index is 1.75. The van der Waals surface area contributed by atoms with E-state index in [1.807, 2.05) is 49.4 Å². The van der Waals surface area contributed by atoms with Crippen LogP contribution in [0.3, 0.4) is 0 Å². The molecule has 4 rings (SSSR count). The zero-order valence-electron chi connectivity index (χ0n) is 14.7. The lowest BCUT2D eigenvalue weighted by molar-refractivity contribution is 0.303. The van der Waals surface area contributed by atoms with Crippen molar-refractivity contribution < 1.29 is 13.5 Å². The highest BCUT2D eigenvalue weighted by Crippen LogP contribution is 2.33. The highest BCUT2D eigenvalue weighted by Gasteiger charge is 2.13. The molecule has 0 aliphatic heterocycles. The van der Waals surface area contributed by atoms with Crippen molar-refractivity contribution in [3.05, 3.63) is 100 Å². The van der Waals surface area contributed by atoms with Gasteiger partial charge in [0.2, 0.25) is 0 Å². The van der Waals surface area contributed by atoms with E-state index in [4.69, 9.17) is 9.15 Å². The van der Waals surface area contributed by atoms with Gasteiger partial charge in [0.05, 0.1) is 0 Å². The van der Waals surface area contributed by atoms with Crippen LogP contribution in [-0.2, 0) is 6.61 Å². The first kappa shape index (κ1) is 17.0. The number of aryl methyl sites for hydroxylation is 1. The van der Waals surface area contributed by atoms with Crippen molar-refractivity contribution in [1.29, 1.82) is 0 Å². The Kier molecular flexibility index (Phi) is 4.47. The van der Waals surface area contributed by atoms with Crippen LogP contribution in [0.5, 0.6) is 5.75 Å². The van der Waals surface area contributed by atoms with Crippen LogP contribution in [0.15, 0.2) is 82.0 Å². The predicted molar refractivity (Wildman–Crippen MR) is 103 cm³/mol. The van der Waals surface area contributed by atoms with Gasteiger partial charge in [-0.2, -0.15) is 0 Å². The SMILES string of the molecule is Cc1c(OCc2cccc(F)c2)ccc2c(-c3ccccc3)cc(=O)oc12. The molecule has 4 heteroatoms. The second kappa shape index (κ2) is 7.08. The summed E-state index contributed by atoms with van der Waals surface area (Å²) in [6.45, 7) is 2.08. The molecule has 0 aliphatic rings. The molecule has 3 nitrogen and oxygen atoms in total. The molecular formula is C23H17FO3. The number of hydrogen-bond acceptors (Lipinski definition) is 3. The number of fused-ring (bicyclic) bond motifs is 1. The summed E-state index contributed by atoms with van der Waals surface area (Å²) in [7, 11) is 0. The summed E-state index contributed by atoms with van der Waals surface area (Å²) in [4.78, 5) is 12.1. The molecule has 0 fully saturated rings. The summed E-state index contributed by atoms with van der Waals surface area (Å²) in [6.07, 6.45) is 0. The molecule has 134 valence electrons. The van der Waals surface area contributed by atoms with Crippen molar-refractivity contribution in [2.24, 2.45) is 0 Å². The average molecular weight is 360 g/mol. The van der Waals surface area contributed by atoms with E-state index in [2.05, 4.69) is 0 Å². The molecule has 0 radical (unpaired) electrons. The van der Waals surface area contributed by atoms with Crippen LogP contribution in [0, 0.1) is 12.7 Å². The molecule has 0 unspecified atom stereocenters. The summed E-state index contributed by atoms with van der Waals surface area (Å²) < 4.78 is 24.6. The van der Waals surface area contributed by atoms with E-state index in [1.54, 1.807) is 12.1 Å². The van der Waals surface area contributed by atoms with Gasteiger partial charge in [-0.1, -0.05) is 42.5 Å². The Labute approximate surface area is 155 Å². The molecule has 0 N–H and O–H groups in total. The van der Waals surface area contributed by atoms with Gasteiger partial charge in [0.25, 0.3) is 0 Å². The van der Waals surface area contributed by atoms with Crippen LogP contribution >= 0.6 is 0 Å². The first-order chi connectivity index (χ1) is 13.1. The third-order valence-corrected chi connectivity index (χ3v) is 4.48. The quantitative estimate of drug-likeness (QED) is 0.452. The highest BCUT2D eigenvalue weighted by molar-refractivity contribution is 5.95. The van der Waals surface area contributed by atoms with E-state index >= 15 is 0 Å². The lowest BCUT2D eigenvalue weighted by atomic mass is 10.0. The van der Waals surface area contributed by atoms with Crippen LogP contribution in [0.2, 0.25) is 0 Å². The molecule has 1 heterocycles. The first-order valence-corrected chi connectivity index (χ1v) is 8.62. The van der Waals surface area contributed by atoms with Gasteiger partial charge >= 0.3 is 5.63 Å². The largest absolute Gasteiger partial charge is 0.488 e. The maximum atomic E-state index is 13.3. The van der Waals surface area contributed by atoms with Gasteiger partial charge in [0, 0.05) is 17.0 Å². The number of hydrogen-bond donors (Lipinski definition) is 0. The Morgan fingerprint density at radius 3 is 2.56 bits per heavy atom. The Morgan fingerprint density at radius 1 is 0.963 bits per heavy atom. The minimum absolute atomic E-state index is 0.229. The molecule has 4 aromatic rings. The fraction of sp³-hybridized carbons (Fsp3) is 0.0870. The fourth-order valence-electron chi connectivity index (χ4n) is 3.14. The molecule has 1 aromatic heterocycles. The summed E-state index contributed by atoms with van der Waals surface area (Å²) >= 11 is 0. The fourth-order valence-corrected chi connectivity index (χ4v) is 3.14. The van der Waals surface area contributed by atoms with Gasteiger partial charge in [0.1, 0.15) is 23.8 Å². The number of ether oxygens (including phenoxy) is 1. The molecule has 0 spiro atoms. The molecule has 3 aromatic carbocycles. The summed E-state index contributed by atoms with van der Waals surface area (Å²) in [5.41, 5.74) is 3.32. The number of benzene rings is 3. The summed E-state index contributed by atoms with van der Waals surface area (Å²) in [5.74, 6) is 0.296. The Bertz CT molecular complexity index is 1160. The summed E-state index contributed by atoms with van der Waals surface area (Å²) in [5, 5.41) is 0.844. The molecule has 0 saturated carbocycles. The molecule has 0 bridgehead atoms. The molecule has 0 saturated heterocycles. The van der Waals surface area contributed by atoms with Crippen molar-refractivity contribution in [2.45, 2.75) is 13.5 Å². The lowest BCUT2D eigenvalue weighted by Gasteiger charge is -2.12. The number of rotatable bonds is 4. The second-order valence-electron chi connectivity index (χ2n) is 6.33. The van der Waals surface area contributed by atoms with Crippen molar-refractivity contribution >= 4 is 11.0 Å². The van der Waals surface area contributed by atoms with Gasteiger partial charge in [-0.15, -0.1) is 0 Å². The minimum Gasteiger partial charge on any atom is -0.488 e. The topological polar surface area (TPSA) is 39.4 Å². The molecule has 0 aliphatic carbocycles. The first-order valence-electron chi connectivity index (χ1n) is 8.62. The third kappa shape index (κ3) is 3.47. The van der Waals surface area contributed by atoms with E-state index in [-0.39, 0.29) is 12.4 Å². The second-order valence-corrected chi connectivity index (χ2v) is 6.33. The molecular weight excluding hydrogens is 343 g/mol. The third-order valence-electron chi connectivity index (χ3n) is 4.48. The van der Waals surface area contributed by atoms with Gasteiger partial charge in [0.15, 0.2) is 0 Å². The lowest BCUT2D eigenvalue weighted by Crippen LogP contribution is -2.02. The van der Waals surface area contributed by atoms with Crippen LogP contribution in [-0.4, -0.2) is 0 Å². The zero-order chi connectivity index (χ0) is 18.8. The smallest absolute Gasteiger partial charge is 0.336 e. The van der Waals surface area contributed by atoms with Crippen LogP contribution < -0.4 is 10.4 Å². The van der Waals surface area contributed by atoms with E-state index in [9.17, 15) is 9.18 Å². The van der Waals surface area contributed by atoms with Gasteiger partial charge in [-0.25, -0.2) is 9.18 Å². The molecule has 0 atom stereocenters. The van der Waals surface area contributed by atoms with Crippen molar-refractivity contribution in [1.82, 2.24) is 0 Å². The Hall–Kier alpha value is -3.40. The van der Waals surface area contributed by atoms with E-state index in [0.29, 0.717) is 11.3 Å². The summed E-state index contributed by atoms with van der Waals surface area (Å²) in [6, 6.07) is 21.2. The van der Waals surface area contributed by atoms with E-state index in [0.717, 1.165) is 27.6 Å². The maximum absolute atomic E-state index is 13.3. The van der Waals surface area contributed by atoms with E-state index in [1.165, 1.54) is 18.2 Å². The number of halogens is 1. The molecule has 0 amide bonds. The van der Waals surface area contributed by atoms with Gasteiger partial charge in [-0.05, 0) is 47.9 Å². The predicted octanol–water partition coefficient (Wildman–Crippen LogP) is 5.49. The van der Waals surface area contributed by atoms with Gasteiger partial charge < -0.3 is 9.15 Å². The van der Waals surface area contributed by atoms with Crippen LogP contribution in [0.25, 0.3) is 22.1 Å². The van der Waals surface area contributed by atoms with Crippen molar-refractivity contribution in [3.63, 3.8) is 0 Å². The monoisotopic (exact) mass is 360 g/mol. The van der Waals surface area contributed by atoms with Crippen LogP contribution in [0.4, 0.5) is 4.39 Å². The van der Waals surface area contributed by atoms with E-state index < -0.39 is 5.63 Å². The highest BCUT2D eigenvalue weighted by atomic mass is 19.1. The molecule has 27 heavy (non-hydrogen) atoms. The minimum atomic E-state index is -0.410. The average Bonchev–Trinajstić information content (AvgIpc) is 2.68. The van der Waals surface area contributed by atoms with Crippen molar-refractivity contribution in [2.75, 3.05) is 0 Å². The van der Waals surface area contributed by atoms with Gasteiger partial charge in [-0.3, -0.25) is 0 Å². The zero-order valence-corrected chi connectivity index (χ0v) is 14.7.